The van der Waals surface area contributed by atoms with Gasteiger partial charge in [0.25, 0.3) is 11.8 Å². The second-order valence-corrected chi connectivity index (χ2v) is 11.7. The summed E-state index contributed by atoms with van der Waals surface area (Å²) in [5.74, 6) is -2.86. The van der Waals surface area contributed by atoms with Crippen molar-refractivity contribution in [1.82, 2.24) is 30.0 Å². The second kappa shape index (κ2) is 10.8. The monoisotopic (exact) mass is 584 g/mol. The van der Waals surface area contributed by atoms with Crippen LogP contribution in [0.4, 0.5) is 5.13 Å². The highest BCUT2D eigenvalue weighted by Gasteiger charge is 2.57. The van der Waals surface area contributed by atoms with E-state index < -0.39 is 46.1 Å². The van der Waals surface area contributed by atoms with Crippen molar-refractivity contribution in [3.63, 3.8) is 0 Å². The fourth-order valence-electron chi connectivity index (χ4n) is 3.94. The van der Waals surface area contributed by atoms with Crippen molar-refractivity contribution in [1.29, 1.82) is 0 Å². The van der Waals surface area contributed by atoms with E-state index in [1.807, 2.05) is 0 Å². The number of thiazole rings is 1. The molecule has 2 amide bonds. The molecule has 0 spiro atoms. The fourth-order valence-corrected chi connectivity index (χ4v) is 7.41. The van der Waals surface area contributed by atoms with Gasteiger partial charge in [-0.2, -0.15) is 0 Å². The van der Waals surface area contributed by atoms with Gasteiger partial charge in [-0.25, -0.2) is 4.98 Å². The number of hydrogen-bond acceptors (Lipinski definition) is 14. The molecule has 15 nitrogen and oxygen atoms in total. The molecule has 4 rings (SSSR count). The van der Waals surface area contributed by atoms with Gasteiger partial charge in [0.05, 0.1) is 0 Å². The Labute approximate surface area is 227 Å². The van der Waals surface area contributed by atoms with Crippen molar-refractivity contribution < 1.29 is 29.4 Å². The third-order valence-corrected chi connectivity index (χ3v) is 9.38. The number of β-lactam (4-membered cyclic amide) rings is 1. The van der Waals surface area contributed by atoms with Crippen LogP contribution in [0.1, 0.15) is 25.6 Å². The van der Waals surface area contributed by atoms with Gasteiger partial charge < -0.3 is 31.0 Å². The van der Waals surface area contributed by atoms with Gasteiger partial charge in [0, 0.05) is 29.5 Å². The Balaban J connectivity index is 1.47. The molecule has 2 aromatic heterocycles. The van der Waals surface area contributed by atoms with Crippen molar-refractivity contribution in [3.8, 4) is 5.88 Å². The Morgan fingerprint density at radius 1 is 1.39 bits per heavy atom. The van der Waals surface area contributed by atoms with Crippen LogP contribution in [-0.2, 0) is 19.2 Å². The van der Waals surface area contributed by atoms with Crippen LogP contribution in [-0.4, -0.2) is 94.9 Å². The number of rotatable bonds is 9. The summed E-state index contributed by atoms with van der Waals surface area (Å²) in [7, 11) is 1.27. The average molecular weight is 585 g/mol. The highest BCUT2D eigenvalue weighted by molar-refractivity contribution is 8.00. The minimum absolute atomic E-state index is 0.00956. The summed E-state index contributed by atoms with van der Waals surface area (Å²) in [6, 6.07) is -1.25. The molecule has 2 fully saturated rings. The van der Waals surface area contributed by atoms with E-state index >= 15 is 0 Å². The normalized spacial score (nSPS) is 23.1. The minimum Gasteiger partial charge on any atom is -0.488 e. The van der Waals surface area contributed by atoms with Gasteiger partial charge in [0.2, 0.25) is 5.91 Å². The maximum Gasteiger partial charge on any atom is 0.316 e. The van der Waals surface area contributed by atoms with Gasteiger partial charge in [0.1, 0.15) is 29.6 Å². The molecule has 4 heterocycles. The molecule has 0 saturated carbocycles. The zero-order chi connectivity index (χ0) is 27.8. The first-order chi connectivity index (χ1) is 18.0. The topological polar surface area (TPSA) is 215 Å². The first-order valence-corrected chi connectivity index (χ1v) is 14.0. The fraction of sp³-hybridized carbons (Fsp3) is 0.500. The Morgan fingerprint density at radius 3 is 2.74 bits per heavy atom. The summed E-state index contributed by atoms with van der Waals surface area (Å²) in [4.78, 5) is 60.7. The molecule has 204 valence electrons. The van der Waals surface area contributed by atoms with Crippen LogP contribution in [0.15, 0.2) is 20.5 Å². The lowest BCUT2D eigenvalue weighted by Crippen LogP contribution is -2.74. The maximum atomic E-state index is 13.0. The SMILES string of the molecule is CON=C(C(=O)NC1C(=O)N2CC(CSc3nnc(O)c(=O)n3C(C)C)(C(=O)O)CS[C@H]12)c1csc(N)n1. The number of nitrogens with zero attached hydrogens (tertiary/aromatic N) is 6. The molecule has 2 aliphatic rings. The molecule has 2 saturated heterocycles. The summed E-state index contributed by atoms with van der Waals surface area (Å²) in [6.07, 6.45) is 0. The van der Waals surface area contributed by atoms with Crippen LogP contribution in [0.2, 0.25) is 0 Å². The van der Waals surface area contributed by atoms with Crippen LogP contribution >= 0.6 is 34.9 Å². The maximum absolute atomic E-state index is 13.0. The lowest BCUT2D eigenvalue weighted by Gasteiger charge is -2.53. The summed E-state index contributed by atoms with van der Waals surface area (Å²) >= 11 is 3.35. The molecular weight excluding hydrogens is 560 g/mol. The van der Waals surface area contributed by atoms with Gasteiger partial charge >= 0.3 is 11.5 Å². The Bertz CT molecular complexity index is 1360. The predicted octanol–water partition coefficient (Wildman–Crippen LogP) is -0.423. The van der Waals surface area contributed by atoms with E-state index in [1.165, 1.54) is 33.7 Å². The number of aliphatic carboxylic acids is 1. The van der Waals surface area contributed by atoms with Crippen LogP contribution in [0, 0.1) is 5.41 Å². The zero-order valence-electron chi connectivity index (χ0n) is 20.4. The van der Waals surface area contributed by atoms with Crippen molar-refractivity contribution in [2.45, 2.75) is 36.5 Å². The highest BCUT2D eigenvalue weighted by Crippen LogP contribution is 2.44. The molecule has 2 aromatic rings. The molecule has 3 atom stereocenters. The number of hydrogen-bond donors (Lipinski definition) is 4. The lowest BCUT2D eigenvalue weighted by atomic mass is 9.89. The number of aromatic hydroxyl groups is 1. The van der Waals surface area contributed by atoms with Crippen molar-refractivity contribution in [2.75, 3.05) is 30.9 Å². The van der Waals surface area contributed by atoms with E-state index in [0.29, 0.717) is 0 Å². The third-order valence-electron chi connectivity index (χ3n) is 5.89. The van der Waals surface area contributed by atoms with Gasteiger partial charge in [-0.3, -0.25) is 23.7 Å². The number of carbonyl (C=O) groups excluding carboxylic acids is 2. The molecule has 2 aliphatic heterocycles. The van der Waals surface area contributed by atoms with Crippen molar-refractivity contribution >= 4 is 63.5 Å². The van der Waals surface area contributed by atoms with E-state index in [1.54, 1.807) is 13.8 Å². The number of thioether (sulfide) groups is 2. The molecule has 2 unspecified atom stereocenters. The predicted molar refractivity (Wildman–Crippen MR) is 139 cm³/mol. The number of fused-ring (bicyclic) bond motifs is 1. The quantitative estimate of drug-likeness (QED) is 0.128. The summed E-state index contributed by atoms with van der Waals surface area (Å²) in [6.45, 7) is 3.34. The van der Waals surface area contributed by atoms with Crippen LogP contribution in [0.25, 0.3) is 0 Å². The number of nitrogen functional groups attached to an aromatic ring is 1. The number of nitrogens with two attached hydrogens (primary N) is 1. The number of anilines is 1. The highest BCUT2D eigenvalue weighted by atomic mass is 32.2. The zero-order valence-corrected chi connectivity index (χ0v) is 22.8. The number of carboxylic acid groups (broad SMARTS) is 1. The van der Waals surface area contributed by atoms with Gasteiger partial charge in [0.15, 0.2) is 16.0 Å². The molecule has 5 N–H and O–H groups in total. The number of carboxylic acids is 1. The van der Waals surface area contributed by atoms with Crippen LogP contribution in [0.5, 0.6) is 5.88 Å². The standard InChI is InChI=1S/C20H24N8O7S3/c1-8(2)28-15(32)13(30)24-25-19(28)38-7-20(17(33)34)5-27-14(31)11(16(27)37-6-20)23-12(29)10(26-35-3)9-4-36-18(21)22-9/h4,8,11,16H,5-7H2,1-3H3,(H2,21,22)(H,23,29)(H,24,30)(H,33,34)/t11?,16-,20?/m1/s1. The second-order valence-electron chi connectivity index (χ2n) is 8.76. The number of aromatic nitrogens is 4. The first-order valence-electron chi connectivity index (χ1n) is 11.1. The lowest BCUT2D eigenvalue weighted by molar-refractivity contribution is -0.157. The van der Waals surface area contributed by atoms with E-state index in [9.17, 15) is 29.4 Å². The van der Waals surface area contributed by atoms with E-state index in [2.05, 4.69) is 25.7 Å². The first kappa shape index (κ1) is 27.6. The Morgan fingerprint density at radius 2 is 2.13 bits per heavy atom. The smallest absolute Gasteiger partial charge is 0.316 e. The number of oxime groups is 1. The molecule has 0 bridgehead atoms. The van der Waals surface area contributed by atoms with E-state index in [4.69, 9.17) is 10.6 Å². The van der Waals surface area contributed by atoms with E-state index in [-0.39, 0.29) is 45.8 Å². The van der Waals surface area contributed by atoms with Crippen molar-refractivity contribution in [2.24, 2.45) is 10.6 Å². The van der Waals surface area contributed by atoms with Gasteiger partial charge in [-0.1, -0.05) is 16.9 Å². The summed E-state index contributed by atoms with van der Waals surface area (Å²) < 4.78 is 1.23. The Kier molecular flexibility index (Phi) is 7.84. The molecule has 18 heteroatoms. The third kappa shape index (κ3) is 5.02. The average Bonchev–Trinajstić information content (AvgIpc) is 3.31. The van der Waals surface area contributed by atoms with Crippen LogP contribution in [0.3, 0.4) is 0 Å². The molecule has 0 aliphatic carbocycles. The summed E-state index contributed by atoms with van der Waals surface area (Å²) in [5, 5.41) is 34.9. The minimum atomic E-state index is -1.35. The molecular formula is C20H24N8O7S3. The van der Waals surface area contributed by atoms with E-state index in [0.717, 1.165) is 23.1 Å². The molecule has 38 heavy (non-hydrogen) atoms. The van der Waals surface area contributed by atoms with Gasteiger partial charge in [-0.15, -0.1) is 33.3 Å². The molecule has 0 radical (unpaired) electrons. The number of carbonyl (C=O) groups is 3. The van der Waals surface area contributed by atoms with Crippen molar-refractivity contribution in [3.05, 3.63) is 21.4 Å². The van der Waals surface area contributed by atoms with Crippen LogP contribution < -0.4 is 16.6 Å². The number of nitrogens with one attached hydrogen (secondary N) is 1. The van der Waals surface area contributed by atoms with Gasteiger partial charge in [-0.05, 0) is 13.8 Å². The Hall–Kier alpha value is -3.38. The largest absolute Gasteiger partial charge is 0.488 e. The number of amides is 2. The molecule has 0 aromatic carbocycles. The summed E-state index contributed by atoms with van der Waals surface area (Å²) in [5.41, 5.74) is 3.62.